The lowest BCUT2D eigenvalue weighted by atomic mass is 10.1. The Bertz CT molecular complexity index is 1020. The van der Waals surface area contributed by atoms with Crippen molar-refractivity contribution in [1.29, 1.82) is 0 Å². The van der Waals surface area contributed by atoms with Crippen LogP contribution in [0, 0.1) is 6.92 Å². The van der Waals surface area contributed by atoms with Crippen LogP contribution in [0.3, 0.4) is 0 Å². The molecular formula is C26H32N4O. The Morgan fingerprint density at radius 2 is 1.97 bits per heavy atom. The molecule has 3 N–H and O–H groups in total. The number of ether oxygens (including phenoxy) is 1. The number of hydrogen-bond acceptors (Lipinski definition) is 5. The first-order valence-electron chi connectivity index (χ1n) is 11.3. The van der Waals surface area contributed by atoms with Crippen molar-refractivity contribution in [3.63, 3.8) is 0 Å². The summed E-state index contributed by atoms with van der Waals surface area (Å²) in [5, 5.41) is 3.22. The van der Waals surface area contributed by atoms with Crippen molar-refractivity contribution in [3.05, 3.63) is 65.0 Å². The van der Waals surface area contributed by atoms with Crippen LogP contribution in [0.4, 0.5) is 5.69 Å². The quantitative estimate of drug-likeness (QED) is 0.583. The number of anilines is 1. The van der Waals surface area contributed by atoms with Crippen LogP contribution in [0.5, 0.6) is 11.5 Å². The van der Waals surface area contributed by atoms with Gasteiger partial charge in [0, 0.05) is 60.0 Å². The number of aryl methyl sites for hydroxylation is 1. The van der Waals surface area contributed by atoms with Gasteiger partial charge in [0.15, 0.2) is 0 Å². The van der Waals surface area contributed by atoms with Gasteiger partial charge in [-0.15, -0.1) is 0 Å². The Kier molecular flexibility index (Phi) is 6.82. The molecule has 0 atom stereocenters. The van der Waals surface area contributed by atoms with Gasteiger partial charge in [0.1, 0.15) is 11.5 Å². The average molecular weight is 417 g/mol. The third-order valence-electron chi connectivity index (χ3n) is 5.67. The molecule has 0 spiro atoms. The lowest BCUT2D eigenvalue weighted by Gasteiger charge is -2.15. The zero-order chi connectivity index (χ0) is 21.6. The first kappa shape index (κ1) is 21.3. The Balaban J connectivity index is 1.69. The highest BCUT2D eigenvalue weighted by atomic mass is 16.5. The van der Waals surface area contributed by atoms with Gasteiger partial charge in [0.25, 0.3) is 0 Å². The van der Waals surface area contributed by atoms with E-state index in [2.05, 4.69) is 35.7 Å². The molecule has 1 aromatic carbocycles. The van der Waals surface area contributed by atoms with E-state index in [1.54, 1.807) is 0 Å². The number of aromatic nitrogens is 1. The molecular weight excluding hydrogens is 384 g/mol. The molecule has 5 nitrogen and oxygen atoms in total. The van der Waals surface area contributed by atoms with Crippen LogP contribution in [0.1, 0.15) is 61.4 Å². The first-order valence-corrected chi connectivity index (χ1v) is 11.3. The van der Waals surface area contributed by atoms with Crippen molar-refractivity contribution in [1.82, 2.24) is 4.98 Å². The Morgan fingerprint density at radius 3 is 2.74 bits per heavy atom. The summed E-state index contributed by atoms with van der Waals surface area (Å²) in [4.78, 5) is 9.54. The van der Waals surface area contributed by atoms with Crippen LogP contribution in [0.15, 0.2) is 53.0 Å². The van der Waals surface area contributed by atoms with Crippen molar-refractivity contribution in [3.8, 4) is 11.5 Å². The predicted molar refractivity (Wildman–Crippen MR) is 129 cm³/mol. The fourth-order valence-electron chi connectivity index (χ4n) is 3.82. The minimum Gasteiger partial charge on any atom is -0.456 e. The summed E-state index contributed by atoms with van der Waals surface area (Å²) in [6.07, 6.45) is 12.8. The average Bonchev–Trinajstić information content (AvgIpc) is 3.59. The molecule has 0 saturated heterocycles. The summed E-state index contributed by atoms with van der Waals surface area (Å²) in [6, 6.07) is 10.3. The molecule has 0 amide bonds. The molecule has 2 aliphatic rings. The number of allylic oxidation sites excluding steroid dienone is 2. The number of pyridine rings is 1. The molecule has 4 rings (SSSR count). The van der Waals surface area contributed by atoms with Crippen LogP contribution in [0.25, 0.3) is 5.70 Å². The highest BCUT2D eigenvalue weighted by molar-refractivity contribution is 5.86. The van der Waals surface area contributed by atoms with E-state index < -0.39 is 0 Å². The molecule has 0 radical (unpaired) electrons. The first-order chi connectivity index (χ1) is 15.2. The zero-order valence-electron chi connectivity index (χ0n) is 18.5. The molecule has 1 aliphatic heterocycles. The fraction of sp³-hybridized carbons (Fsp3) is 0.385. The van der Waals surface area contributed by atoms with Crippen molar-refractivity contribution >= 4 is 17.6 Å². The standard InChI is InChI=1S/C26H32N4O/c1-18-14-22(16-25(30-18)20-8-9-20)31-26-15-21(28-2)10-11-23(26)24-7-5-3-4-6-19(12-13-27)17-29-24/h6-7,10-11,14-17,20,28H,3-5,8-9,12-13,27H2,1-2H3/b19-6-,24-7?,29-17?. The Hall–Kier alpha value is -2.92. The van der Waals surface area contributed by atoms with E-state index in [1.165, 1.54) is 18.4 Å². The second-order valence-electron chi connectivity index (χ2n) is 8.30. The summed E-state index contributed by atoms with van der Waals surface area (Å²) < 4.78 is 6.45. The second kappa shape index (κ2) is 9.92. The maximum Gasteiger partial charge on any atom is 0.138 e. The van der Waals surface area contributed by atoms with Crippen LogP contribution in [0.2, 0.25) is 0 Å². The van der Waals surface area contributed by atoms with Crippen molar-refractivity contribution in [2.75, 3.05) is 18.9 Å². The molecule has 1 aromatic heterocycles. The maximum absolute atomic E-state index is 6.45. The van der Waals surface area contributed by atoms with E-state index >= 15 is 0 Å². The van der Waals surface area contributed by atoms with Gasteiger partial charge in [-0.25, -0.2) is 0 Å². The van der Waals surface area contributed by atoms with E-state index in [9.17, 15) is 0 Å². The fourth-order valence-corrected chi connectivity index (χ4v) is 3.82. The molecule has 1 saturated carbocycles. The molecule has 0 bridgehead atoms. The van der Waals surface area contributed by atoms with Crippen molar-refractivity contribution in [2.45, 2.75) is 51.4 Å². The van der Waals surface area contributed by atoms with Gasteiger partial charge >= 0.3 is 0 Å². The number of aliphatic imine (C=N–C) groups is 1. The number of rotatable bonds is 7. The number of nitrogens with zero attached hydrogens (tertiary/aromatic N) is 2. The van der Waals surface area contributed by atoms with Crippen LogP contribution >= 0.6 is 0 Å². The van der Waals surface area contributed by atoms with E-state index in [0.717, 1.165) is 65.5 Å². The molecule has 0 unspecified atom stereocenters. The highest BCUT2D eigenvalue weighted by Gasteiger charge is 2.26. The number of nitrogens with two attached hydrogens (primary N) is 1. The number of hydrogen-bond donors (Lipinski definition) is 2. The van der Waals surface area contributed by atoms with E-state index in [4.69, 9.17) is 20.4 Å². The predicted octanol–water partition coefficient (Wildman–Crippen LogP) is 5.97. The van der Waals surface area contributed by atoms with Crippen LogP contribution in [-0.2, 0) is 0 Å². The van der Waals surface area contributed by atoms with Gasteiger partial charge in [-0.3, -0.25) is 9.98 Å². The maximum atomic E-state index is 6.45. The minimum atomic E-state index is 0.583. The summed E-state index contributed by atoms with van der Waals surface area (Å²) in [5.41, 5.74) is 12.0. The smallest absolute Gasteiger partial charge is 0.138 e. The van der Waals surface area contributed by atoms with Crippen LogP contribution in [-0.4, -0.2) is 24.8 Å². The third-order valence-corrected chi connectivity index (χ3v) is 5.67. The summed E-state index contributed by atoms with van der Waals surface area (Å²) in [7, 11) is 1.92. The van der Waals surface area contributed by atoms with Crippen molar-refractivity contribution in [2.24, 2.45) is 10.7 Å². The van der Waals surface area contributed by atoms with Crippen molar-refractivity contribution < 1.29 is 4.74 Å². The van der Waals surface area contributed by atoms with E-state index in [0.29, 0.717) is 12.5 Å². The van der Waals surface area contributed by atoms with Gasteiger partial charge in [0.2, 0.25) is 0 Å². The molecule has 1 fully saturated rings. The SMILES string of the molecule is CNc1ccc(C2=CCCC/C=C(/CCN)C=N2)c(Oc2cc(C)nc(C3CC3)c2)c1. The summed E-state index contributed by atoms with van der Waals surface area (Å²) >= 11 is 0. The highest BCUT2D eigenvalue weighted by Crippen LogP contribution is 2.41. The van der Waals surface area contributed by atoms with Gasteiger partial charge in [-0.05, 0) is 69.7 Å². The van der Waals surface area contributed by atoms with Gasteiger partial charge in [-0.1, -0.05) is 12.2 Å². The largest absolute Gasteiger partial charge is 0.456 e. The summed E-state index contributed by atoms with van der Waals surface area (Å²) in [5.74, 6) is 2.21. The van der Waals surface area contributed by atoms with Crippen LogP contribution < -0.4 is 15.8 Å². The lowest BCUT2D eigenvalue weighted by Crippen LogP contribution is -2.01. The van der Waals surface area contributed by atoms with Gasteiger partial charge in [-0.2, -0.15) is 0 Å². The van der Waals surface area contributed by atoms with E-state index in [1.807, 2.05) is 32.3 Å². The molecule has 31 heavy (non-hydrogen) atoms. The second-order valence-corrected chi connectivity index (χ2v) is 8.30. The molecule has 2 heterocycles. The Labute approximate surface area is 185 Å². The van der Waals surface area contributed by atoms with Gasteiger partial charge < -0.3 is 15.8 Å². The molecule has 162 valence electrons. The molecule has 2 aromatic rings. The zero-order valence-corrected chi connectivity index (χ0v) is 18.5. The normalized spacial score (nSPS) is 18.3. The Morgan fingerprint density at radius 1 is 1.13 bits per heavy atom. The third kappa shape index (κ3) is 5.61. The molecule has 1 aliphatic carbocycles. The monoisotopic (exact) mass is 416 g/mol. The topological polar surface area (TPSA) is 72.5 Å². The van der Waals surface area contributed by atoms with Gasteiger partial charge in [0.05, 0.1) is 5.70 Å². The number of nitrogens with one attached hydrogen (secondary N) is 1. The summed E-state index contributed by atoms with van der Waals surface area (Å²) in [6.45, 7) is 2.66. The minimum absolute atomic E-state index is 0.583. The van der Waals surface area contributed by atoms with E-state index in [-0.39, 0.29) is 0 Å². The number of benzene rings is 1. The molecule has 5 heteroatoms. The lowest BCUT2D eigenvalue weighted by molar-refractivity contribution is 0.479.